The van der Waals surface area contributed by atoms with Crippen LogP contribution in [-0.4, -0.2) is 71.5 Å². The van der Waals surface area contributed by atoms with Gasteiger partial charge < -0.3 is 23.9 Å². The maximum atomic E-state index is 15.4. The first-order valence-electron chi connectivity index (χ1n) is 17.9. The van der Waals surface area contributed by atoms with Gasteiger partial charge in [0.2, 0.25) is 5.82 Å². The molecule has 3 aromatic carbocycles. The van der Waals surface area contributed by atoms with Crippen LogP contribution in [0.3, 0.4) is 0 Å². The second kappa shape index (κ2) is 14.4. The molecule has 15 nitrogen and oxygen atoms in total. The average molecular weight is 914 g/mol. The zero-order valence-corrected chi connectivity index (χ0v) is 34.1. The Morgan fingerprint density at radius 3 is 2.07 bits per heavy atom. The molecule has 0 spiro atoms. The van der Waals surface area contributed by atoms with Crippen molar-refractivity contribution in [2.24, 2.45) is 7.05 Å². The van der Waals surface area contributed by atoms with Crippen LogP contribution in [0.1, 0.15) is 29.6 Å². The minimum atomic E-state index is -2.87. The number of hydrogen-bond donors (Lipinski definition) is 1. The van der Waals surface area contributed by atoms with Gasteiger partial charge in [0, 0.05) is 44.5 Å². The number of hydrogen-bond acceptors (Lipinski definition) is 10. The Kier molecular flexibility index (Phi) is 9.86. The minimum Gasteiger partial charge on any atom is -0.503 e. The van der Waals surface area contributed by atoms with Gasteiger partial charge in [-0.1, -0.05) is 17.7 Å². The average Bonchev–Trinajstić information content (AvgIpc) is 3.57. The highest BCUT2D eigenvalue weighted by Gasteiger charge is 2.76. The highest BCUT2D eigenvalue weighted by molar-refractivity contribution is 6.58. The fraction of sp³-hybridized carbons (Fsp3) is 0.316. The smallest absolute Gasteiger partial charge is 0.347 e. The molecule has 2 amide bonds. The van der Waals surface area contributed by atoms with Crippen LogP contribution in [0.25, 0.3) is 11.0 Å². The molecule has 320 valence electrons. The van der Waals surface area contributed by atoms with Crippen LogP contribution in [-0.2, 0) is 36.1 Å². The summed E-state index contributed by atoms with van der Waals surface area (Å²) in [5.74, 6) is -18.0. The summed E-state index contributed by atoms with van der Waals surface area (Å²) in [4.78, 5) is 69.2. The van der Waals surface area contributed by atoms with Gasteiger partial charge in [0.05, 0.1) is 50.0 Å². The molecule has 1 aliphatic carbocycles. The summed E-state index contributed by atoms with van der Waals surface area (Å²) in [6.07, 6.45) is 0.278. The number of alkyl halides is 2. The summed E-state index contributed by atoms with van der Waals surface area (Å²) in [5.41, 5.74) is -3.80. The number of benzene rings is 3. The number of aromatic hydroxyl groups is 1. The standard InChI is InChI=1S/C38H28Cl3F5N6O9/c1-48-19-12-22(60-3)21(59-2)11-18(19)47-17(32(48)54)6-7-49-35(57)50-8-5-15-20(52(50)36(49)58)13-37(40)33(55)51(30-28(45)26(43)25(42)27(44)29(30)46)34(56)38(37,41)24(15)14-9-16(39)31(53)23(10-14)61-4/h5,9-12,20,24,53H,6-8,13H2,1-4H3. The number of carbonyl (C=O) groups is 2. The van der Waals surface area contributed by atoms with E-state index >= 15 is 8.78 Å². The van der Waals surface area contributed by atoms with Crippen molar-refractivity contribution in [3.8, 4) is 23.0 Å². The van der Waals surface area contributed by atoms with Crippen LogP contribution in [0.2, 0.25) is 5.02 Å². The first-order chi connectivity index (χ1) is 28.8. The van der Waals surface area contributed by atoms with Gasteiger partial charge in [-0.25, -0.2) is 55.4 Å². The Bertz CT molecular complexity index is 3000. The Labute approximate surface area is 353 Å². The second-order valence-corrected chi connectivity index (χ2v) is 15.9. The Hall–Kier alpha value is -5.86. The number of ether oxygens (including phenoxy) is 3. The number of amides is 2. The molecule has 2 aliphatic heterocycles. The molecule has 0 radical (unpaired) electrons. The summed E-state index contributed by atoms with van der Waals surface area (Å²) >= 11 is 20.6. The van der Waals surface area contributed by atoms with E-state index in [2.05, 4.69) is 4.98 Å². The van der Waals surface area contributed by atoms with Gasteiger partial charge >= 0.3 is 11.4 Å². The molecule has 1 saturated carbocycles. The highest BCUT2D eigenvalue weighted by atomic mass is 35.5. The lowest BCUT2D eigenvalue weighted by Crippen LogP contribution is -2.59. The summed E-state index contributed by atoms with van der Waals surface area (Å²) in [6, 6.07) is 3.88. The quantitative estimate of drug-likeness (QED) is 0.0581. The zero-order chi connectivity index (χ0) is 44.4. The molecule has 4 unspecified atom stereocenters. The molecule has 61 heavy (non-hydrogen) atoms. The highest BCUT2D eigenvalue weighted by Crippen LogP contribution is 2.64. The second-order valence-electron chi connectivity index (χ2n) is 14.3. The number of phenols is 1. The minimum absolute atomic E-state index is 0.0317. The molecule has 8 rings (SSSR count). The lowest BCUT2D eigenvalue weighted by molar-refractivity contribution is -0.122. The molecule has 0 bridgehead atoms. The van der Waals surface area contributed by atoms with Crippen molar-refractivity contribution in [3.63, 3.8) is 0 Å². The SMILES string of the molecule is COc1cc2nc(CCn3c(=O)n4n(c3=O)C3CC5(Cl)C(=O)N(c6c(F)c(F)c(F)c(F)c6F)C(=O)C5(Cl)C(c5cc(Cl)c(O)c(OC)c5)C3=CC4)c(=O)n(C)c2cc1OC. The predicted octanol–water partition coefficient (Wildman–Crippen LogP) is 4.58. The van der Waals surface area contributed by atoms with Crippen molar-refractivity contribution >= 4 is 63.3 Å². The van der Waals surface area contributed by atoms with Crippen LogP contribution in [0.4, 0.5) is 27.6 Å². The van der Waals surface area contributed by atoms with Crippen molar-refractivity contribution < 1.29 is 50.9 Å². The monoisotopic (exact) mass is 912 g/mol. The number of methoxy groups -OCH3 is 3. The van der Waals surface area contributed by atoms with E-state index in [0.29, 0.717) is 22.5 Å². The van der Waals surface area contributed by atoms with Gasteiger partial charge in [0.25, 0.3) is 17.4 Å². The maximum Gasteiger partial charge on any atom is 0.347 e. The number of imide groups is 1. The fourth-order valence-electron chi connectivity index (χ4n) is 8.45. The first-order valence-corrected chi connectivity index (χ1v) is 19.0. The van der Waals surface area contributed by atoms with Gasteiger partial charge in [-0.3, -0.25) is 14.4 Å². The molecule has 23 heteroatoms. The number of fused-ring (bicyclic) bond motifs is 5. The Morgan fingerprint density at radius 2 is 1.44 bits per heavy atom. The molecule has 1 N–H and O–H groups in total. The van der Waals surface area contributed by atoms with E-state index < -0.39 is 104 Å². The van der Waals surface area contributed by atoms with Crippen LogP contribution < -0.4 is 36.0 Å². The van der Waals surface area contributed by atoms with Crippen LogP contribution >= 0.6 is 34.8 Å². The van der Waals surface area contributed by atoms with Crippen molar-refractivity contribution in [1.82, 2.24) is 23.5 Å². The van der Waals surface area contributed by atoms with Crippen LogP contribution in [0, 0.1) is 29.1 Å². The lowest BCUT2D eigenvalue weighted by Gasteiger charge is -2.49. The summed E-state index contributed by atoms with van der Waals surface area (Å²) in [7, 11) is 5.47. The van der Waals surface area contributed by atoms with E-state index in [-0.39, 0.29) is 45.5 Å². The van der Waals surface area contributed by atoms with E-state index in [1.165, 1.54) is 31.9 Å². The fourth-order valence-corrected chi connectivity index (χ4v) is 9.58. The number of aromatic nitrogens is 5. The first kappa shape index (κ1) is 41.9. The van der Waals surface area contributed by atoms with Gasteiger partial charge in [-0.05, 0) is 23.3 Å². The largest absolute Gasteiger partial charge is 0.503 e. The molecule has 3 aliphatic rings. The maximum absolute atomic E-state index is 15.4. The lowest BCUT2D eigenvalue weighted by atomic mass is 9.64. The summed E-state index contributed by atoms with van der Waals surface area (Å²) in [5, 5.41) is 10.2. The summed E-state index contributed by atoms with van der Waals surface area (Å²) < 4.78 is 94.0. The van der Waals surface area contributed by atoms with Crippen molar-refractivity contribution in [2.45, 2.75) is 47.6 Å². The normalized spacial score (nSPS) is 22.0. The van der Waals surface area contributed by atoms with Crippen molar-refractivity contribution in [2.75, 3.05) is 26.2 Å². The topological polar surface area (TPSA) is 169 Å². The molecule has 1 saturated heterocycles. The van der Waals surface area contributed by atoms with Gasteiger partial charge in [-0.15, -0.1) is 23.2 Å². The molecule has 5 aromatic rings. The third-order valence-electron chi connectivity index (χ3n) is 11.4. The number of aryl methyl sites for hydroxylation is 2. The predicted molar refractivity (Wildman–Crippen MR) is 207 cm³/mol. The van der Waals surface area contributed by atoms with Crippen LogP contribution in [0.15, 0.2) is 50.3 Å². The Balaban J connectivity index is 1.27. The third kappa shape index (κ3) is 5.60. The van der Waals surface area contributed by atoms with E-state index in [1.54, 1.807) is 12.1 Å². The number of carbonyl (C=O) groups excluding carboxylic acids is 2. The molecule has 2 aromatic heterocycles. The van der Waals surface area contributed by atoms with E-state index in [4.69, 9.17) is 49.0 Å². The van der Waals surface area contributed by atoms with E-state index in [9.17, 15) is 42.3 Å². The molecular weight excluding hydrogens is 886 g/mol. The number of halogens is 8. The number of allylic oxidation sites excluding steroid dienone is 2. The molecule has 4 atom stereocenters. The number of phenolic OH excluding ortho intramolecular Hbond substituents is 1. The molecular formula is C38H28Cl3F5N6O9. The molecule has 4 heterocycles. The number of nitrogens with zero attached hydrogens (tertiary/aromatic N) is 6. The van der Waals surface area contributed by atoms with Gasteiger partial charge in [0.15, 0.2) is 56.0 Å². The van der Waals surface area contributed by atoms with Crippen molar-refractivity contribution in [3.05, 3.63) is 113 Å². The molecule has 2 fully saturated rings. The van der Waals surface area contributed by atoms with Crippen molar-refractivity contribution in [1.29, 1.82) is 0 Å². The zero-order valence-electron chi connectivity index (χ0n) is 31.8. The third-order valence-corrected chi connectivity index (χ3v) is 13.1. The number of anilines is 1. The number of rotatable bonds is 8. The van der Waals surface area contributed by atoms with Gasteiger partial charge in [-0.2, -0.15) is 0 Å². The van der Waals surface area contributed by atoms with E-state index in [0.717, 1.165) is 33.2 Å². The Morgan fingerprint density at radius 1 is 0.836 bits per heavy atom. The van der Waals surface area contributed by atoms with Crippen LogP contribution in [0.5, 0.6) is 23.0 Å². The van der Waals surface area contributed by atoms with Gasteiger partial charge in [0.1, 0.15) is 11.4 Å². The summed E-state index contributed by atoms with van der Waals surface area (Å²) in [6.45, 7) is -0.783. The van der Waals surface area contributed by atoms with E-state index in [1.807, 2.05) is 0 Å².